The summed E-state index contributed by atoms with van der Waals surface area (Å²) < 4.78 is 13.0. The van der Waals surface area contributed by atoms with Gasteiger partial charge < -0.3 is 13.7 Å². The molecule has 1 saturated heterocycles. The molecule has 2 aromatic heterocycles. The molecule has 1 atom stereocenters. The highest BCUT2D eigenvalue weighted by molar-refractivity contribution is 5.75. The quantitative estimate of drug-likeness (QED) is 0.734. The van der Waals surface area contributed by atoms with Gasteiger partial charge in [-0.25, -0.2) is 0 Å². The zero-order valence-corrected chi connectivity index (χ0v) is 14.1. The number of hydrogen-bond donors (Lipinski definition) is 0. The molecule has 5 heteroatoms. The van der Waals surface area contributed by atoms with Crippen LogP contribution in [0.2, 0.25) is 0 Å². The number of benzene rings is 1. The van der Waals surface area contributed by atoms with Crippen molar-refractivity contribution in [2.75, 3.05) is 19.7 Å². The number of fused-ring (bicyclic) bond motifs is 1. The third kappa shape index (κ3) is 3.67. The number of rotatable bonds is 4. The van der Waals surface area contributed by atoms with Crippen molar-refractivity contribution in [2.24, 2.45) is 0 Å². The van der Waals surface area contributed by atoms with E-state index in [2.05, 4.69) is 29.2 Å². The number of pyridine rings is 1. The third-order valence-electron chi connectivity index (χ3n) is 4.68. The molecule has 0 bridgehead atoms. The zero-order valence-electron chi connectivity index (χ0n) is 14.1. The minimum absolute atomic E-state index is 0.00765. The fourth-order valence-corrected chi connectivity index (χ4v) is 3.44. The molecular weight excluding hydrogens is 316 g/mol. The first-order valence-corrected chi connectivity index (χ1v) is 8.74. The lowest BCUT2D eigenvalue weighted by Gasteiger charge is -2.24. The van der Waals surface area contributed by atoms with Crippen LogP contribution in [0.5, 0.6) is 0 Å². The standard InChI is InChI=1S/C20H22N2O3/c23-20-18-8-12-25-19(18)7-10-22(20)15-17-14-21(9-4-11-24-17)13-16-5-2-1-3-6-16/h1-3,5-8,10,12,17H,4,9,11,13-15H2. The minimum Gasteiger partial charge on any atom is -0.464 e. The van der Waals surface area contributed by atoms with E-state index in [9.17, 15) is 4.79 Å². The van der Waals surface area contributed by atoms with Crippen molar-refractivity contribution >= 4 is 11.0 Å². The van der Waals surface area contributed by atoms with Crippen LogP contribution in [-0.4, -0.2) is 35.3 Å². The van der Waals surface area contributed by atoms with Gasteiger partial charge in [0.05, 0.1) is 24.3 Å². The average molecular weight is 338 g/mol. The summed E-state index contributed by atoms with van der Waals surface area (Å²) in [5.74, 6) is 0. The molecule has 1 fully saturated rings. The molecule has 1 unspecified atom stereocenters. The smallest absolute Gasteiger partial charge is 0.261 e. The van der Waals surface area contributed by atoms with E-state index in [-0.39, 0.29) is 11.7 Å². The Balaban J connectivity index is 1.48. The van der Waals surface area contributed by atoms with Crippen molar-refractivity contribution < 1.29 is 9.15 Å². The lowest BCUT2D eigenvalue weighted by Crippen LogP contribution is -2.36. The average Bonchev–Trinajstić information content (AvgIpc) is 3.01. The Bertz CT molecular complexity index is 885. The number of hydrogen-bond acceptors (Lipinski definition) is 4. The molecule has 1 aliphatic rings. The van der Waals surface area contributed by atoms with Crippen LogP contribution >= 0.6 is 0 Å². The summed E-state index contributed by atoms with van der Waals surface area (Å²) in [7, 11) is 0. The molecule has 0 aliphatic carbocycles. The van der Waals surface area contributed by atoms with Crippen molar-refractivity contribution in [3.63, 3.8) is 0 Å². The molecule has 130 valence electrons. The van der Waals surface area contributed by atoms with Gasteiger partial charge >= 0.3 is 0 Å². The molecular formula is C20H22N2O3. The summed E-state index contributed by atoms with van der Waals surface area (Å²) in [5.41, 5.74) is 1.92. The van der Waals surface area contributed by atoms with Crippen molar-refractivity contribution in [3.05, 3.63) is 70.8 Å². The van der Waals surface area contributed by atoms with Crippen molar-refractivity contribution in [1.82, 2.24) is 9.47 Å². The van der Waals surface area contributed by atoms with Gasteiger partial charge in [0, 0.05) is 32.4 Å². The molecule has 0 radical (unpaired) electrons. The minimum atomic E-state index is -0.0197. The van der Waals surface area contributed by atoms with Gasteiger partial charge in [0.2, 0.25) is 0 Å². The first kappa shape index (κ1) is 16.1. The fraction of sp³-hybridized carbons (Fsp3) is 0.350. The number of aromatic nitrogens is 1. The summed E-state index contributed by atoms with van der Waals surface area (Å²) in [4.78, 5) is 15.0. The number of nitrogens with zero attached hydrogens (tertiary/aromatic N) is 2. The van der Waals surface area contributed by atoms with Crippen LogP contribution in [0, 0.1) is 0 Å². The first-order valence-electron chi connectivity index (χ1n) is 8.74. The third-order valence-corrected chi connectivity index (χ3v) is 4.68. The highest BCUT2D eigenvalue weighted by Gasteiger charge is 2.20. The predicted octanol–water partition coefficient (Wildman–Crippen LogP) is 2.89. The van der Waals surface area contributed by atoms with Crippen LogP contribution in [0.3, 0.4) is 0 Å². The van der Waals surface area contributed by atoms with Crippen molar-refractivity contribution in [2.45, 2.75) is 25.6 Å². The van der Waals surface area contributed by atoms with E-state index in [0.717, 1.165) is 32.7 Å². The molecule has 0 amide bonds. The molecule has 4 rings (SSSR count). The number of ether oxygens (including phenoxy) is 1. The van der Waals surface area contributed by atoms with Crippen LogP contribution < -0.4 is 5.56 Å². The summed E-state index contributed by atoms with van der Waals surface area (Å²) in [6.45, 7) is 4.05. The van der Waals surface area contributed by atoms with E-state index in [1.165, 1.54) is 5.56 Å². The Morgan fingerprint density at radius 2 is 2.00 bits per heavy atom. The van der Waals surface area contributed by atoms with E-state index < -0.39 is 0 Å². The monoisotopic (exact) mass is 338 g/mol. The summed E-state index contributed by atoms with van der Waals surface area (Å²) in [6, 6.07) is 14.0. The van der Waals surface area contributed by atoms with Crippen LogP contribution in [0.15, 0.2) is 64.1 Å². The maximum atomic E-state index is 12.6. The van der Waals surface area contributed by atoms with Crippen molar-refractivity contribution in [1.29, 1.82) is 0 Å². The second-order valence-corrected chi connectivity index (χ2v) is 6.54. The molecule has 3 heterocycles. The van der Waals surface area contributed by atoms with E-state index >= 15 is 0 Å². The maximum Gasteiger partial charge on any atom is 0.261 e. The van der Waals surface area contributed by atoms with Crippen LogP contribution in [-0.2, 0) is 17.8 Å². The summed E-state index contributed by atoms with van der Waals surface area (Å²) in [5, 5.41) is 0.622. The van der Waals surface area contributed by atoms with E-state index in [1.54, 1.807) is 23.1 Å². The maximum absolute atomic E-state index is 12.6. The highest BCUT2D eigenvalue weighted by Crippen LogP contribution is 2.14. The normalized spacial score (nSPS) is 19.1. The second-order valence-electron chi connectivity index (χ2n) is 6.54. The molecule has 0 spiro atoms. The van der Waals surface area contributed by atoms with Gasteiger partial charge in [0.25, 0.3) is 5.56 Å². The lowest BCUT2D eigenvalue weighted by molar-refractivity contribution is 0.0409. The topological polar surface area (TPSA) is 47.6 Å². The summed E-state index contributed by atoms with van der Waals surface area (Å²) >= 11 is 0. The van der Waals surface area contributed by atoms with Crippen LogP contribution in [0.4, 0.5) is 0 Å². The predicted molar refractivity (Wildman–Crippen MR) is 96.6 cm³/mol. The van der Waals surface area contributed by atoms with Gasteiger partial charge in [-0.2, -0.15) is 0 Å². The Kier molecular flexibility index (Phi) is 4.68. The highest BCUT2D eigenvalue weighted by atomic mass is 16.5. The van der Waals surface area contributed by atoms with E-state index in [0.29, 0.717) is 17.5 Å². The van der Waals surface area contributed by atoms with E-state index in [4.69, 9.17) is 9.15 Å². The molecule has 25 heavy (non-hydrogen) atoms. The Hall–Kier alpha value is -2.37. The Labute approximate surface area is 146 Å². The molecule has 5 nitrogen and oxygen atoms in total. The van der Waals surface area contributed by atoms with Crippen LogP contribution in [0.1, 0.15) is 12.0 Å². The Morgan fingerprint density at radius 3 is 2.88 bits per heavy atom. The van der Waals surface area contributed by atoms with Gasteiger partial charge in [0.1, 0.15) is 5.58 Å². The van der Waals surface area contributed by atoms with Gasteiger partial charge in [0.15, 0.2) is 0 Å². The molecule has 0 saturated carbocycles. The first-order chi connectivity index (χ1) is 12.3. The fourth-order valence-electron chi connectivity index (χ4n) is 3.44. The Morgan fingerprint density at radius 1 is 1.12 bits per heavy atom. The lowest BCUT2D eigenvalue weighted by atomic mass is 10.2. The summed E-state index contributed by atoms with van der Waals surface area (Å²) in [6.07, 6.45) is 4.37. The SMILES string of the molecule is O=c1c2ccoc2ccn1CC1CN(Cc2ccccc2)CCCO1. The molecule has 0 N–H and O–H groups in total. The van der Waals surface area contributed by atoms with Gasteiger partial charge in [-0.1, -0.05) is 30.3 Å². The molecule has 3 aromatic rings. The second kappa shape index (κ2) is 7.25. The van der Waals surface area contributed by atoms with Gasteiger partial charge in [-0.05, 0) is 24.1 Å². The number of furan rings is 1. The van der Waals surface area contributed by atoms with Crippen molar-refractivity contribution in [3.8, 4) is 0 Å². The molecule has 1 aliphatic heterocycles. The van der Waals surface area contributed by atoms with E-state index in [1.807, 2.05) is 12.1 Å². The largest absolute Gasteiger partial charge is 0.464 e. The van der Waals surface area contributed by atoms with Gasteiger partial charge in [-0.3, -0.25) is 9.69 Å². The molecule has 1 aromatic carbocycles. The van der Waals surface area contributed by atoms with Gasteiger partial charge in [-0.15, -0.1) is 0 Å². The van der Waals surface area contributed by atoms with Crippen LogP contribution in [0.25, 0.3) is 11.0 Å². The zero-order chi connectivity index (χ0) is 17.1.